The second-order valence-electron chi connectivity index (χ2n) is 7.09. The number of anilines is 1. The fourth-order valence-electron chi connectivity index (χ4n) is 2.97. The number of hydrogen-bond donors (Lipinski definition) is 1. The molecule has 5 heteroatoms. The molecule has 0 spiro atoms. The zero-order chi connectivity index (χ0) is 20.1. The van der Waals surface area contributed by atoms with Crippen LogP contribution in [0, 0.1) is 13.8 Å². The van der Waals surface area contributed by atoms with Gasteiger partial charge in [0.2, 0.25) is 0 Å². The number of aromatic nitrogens is 2. The quantitative estimate of drug-likeness (QED) is 0.713. The maximum atomic E-state index is 12.4. The van der Waals surface area contributed by atoms with Gasteiger partial charge in [-0.1, -0.05) is 24.3 Å². The molecule has 0 aliphatic heterocycles. The number of carbonyl (C=O) groups is 1. The van der Waals surface area contributed by atoms with E-state index in [1.807, 2.05) is 52.2 Å². The molecule has 0 aliphatic rings. The first-order valence-electron chi connectivity index (χ1n) is 9.39. The second-order valence-corrected chi connectivity index (χ2v) is 7.09. The van der Waals surface area contributed by atoms with Crippen molar-refractivity contribution in [3.05, 3.63) is 77.2 Å². The van der Waals surface area contributed by atoms with Gasteiger partial charge in [-0.05, 0) is 50.1 Å². The summed E-state index contributed by atoms with van der Waals surface area (Å²) in [6.07, 6.45) is 2.56. The monoisotopic (exact) mass is 374 g/mol. The van der Waals surface area contributed by atoms with Crippen molar-refractivity contribution in [1.82, 2.24) is 15.3 Å². The van der Waals surface area contributed by atoms with E-state index in [0.717, 1.165) is 29.1 Å². The van der Waals surface area contributed by atoms with E-state index < -0.39 is 0 Å². The summed E-state index contributed by atoms with van der Waals surface area (Å²) >= 11 is 0. The van der Waals surface area contributed by atoms with Crippen LogP contribution in [-0.2, 0) is 6.42 Å². The number of rotatable bonds is 6. The number of amides is 1. The number of nitrogens with zero attached hydrogens (tertiary/aromatic N) is 3. The molecule has 5 nitrogen and oxygen atoms in total. The molecule has 0 unspecified atom stereocenters. The summed E-state index contributed by atoms with van der Waals surface area (Å²) in [6, 6.07) is 15.9. The average Bonchev–Trinajstić information content (AvgIpc) is 2.70. The molecule has 28 heavy (non-hydrogen) atoms. The predicted octanol–water partition coefficient (Wildman–Crippen LogP) is 3.80. The van der Waals surface area contributed by atoms with Crippen molar-refractivity contribution in [2.75, 3.05) is 25.5 Å². The molecule has 1 heterocycles. The van der Waals surface area contributed by atoms with Crippen molar-refractivity contribution in [2.24, 2.45) is 0 Å². The lowest BCUT2D eigenvalue weighted by atomic mass is 10.1. The van der Waals surface area contributed by atoms with Crippen LogP contribution < -0.4 is 10.2 Å². The SMILES string of the molecule is Cc1cnc(C)c(-c2ccc(C(=O)NCCc3ccc(N(C)C)cc3)cc2)n1. The first kappa shape index (κ1) is 19.5. The Morgan fingerprint density at radius 2 is 1.68 bits per heavy atom. The van der Waals surface area contributed by atoms with Gasteiger partial charge in [-0.25, -0.2) is 4.98 Å². The normalized spacial score (nSPS) is 10.6. The van der Waals surface area contributed by atoms with Gasteiger partial charge in [0.25, 0.3) is 5.91 Å². The molecule has 0 saturated carbocycles. The lowest BCUT2D eigenvalue weighted by molar-refractivity contribution is 0.0954. The first-order chi connectivity index (χ1) is 13.4. The Kier molecular flexibility index (Phi) is 6.04. The van der Waals surface area contributed by atoms with Crippen LogP contribution in [0.1, 0.15) is 27.3 Å². The van der Waals surface area contributed by atoms with Crippen LogP contribution in [0.3, 0.4) is 0 Å². The molecule has 0 aliphatic carbocycles. The molecule has 0 fully saturated rings. The maximum Gasteiger partial charge on any atom is 0.251 e. The van der Waals surface area contributed by atoms with Crippen LogP contribution in [0.2, 0.25) is 0 Å². The standard InChI is InChI=1S/C23H26N4O/c1-16-15-25-17(2)22(26-16)19-7-9-20(10-8-19)23(28)24-14-13-18-5-11-21(12-6-18)27(3)4/h5-12,15H,13-14H2,1-4H3,(H,24,28). The minimum absolute atomic E-state index is 0.0662. The van der Waals surface area contributed by atoms with Crippen molar-refractivity contribution in [3.8, 4) is 11.3 Å². The van der Waals surface area contributed by atoms with Crippen LogP contribution in [-0.4, -0.2) is 36.5 Å². The van der Waals surface area contributed by atoms with Gasteiger partial charge in [0.1, 0.15) is 0 Å². The number of hydrogen-bond acceptors (Lipinski definition) is 4. The third-order valence-electron chi connectivity index (χ3n) is 4.65. The zero-order valence-electron chi connectivity index (χ0n) is 16.9. The molecular formula is C23H26N4O. The highest BCUT2D eigenvalue weighted by Crippen LogP contribution is 2.20. The Morgan fingerprint density at radius 3 is 2.32 bits per heavy atom. The summed E-state index contributed by atoms with van der Waals surface area (Å²) in [5.41, 5.74) is 6.59. The molecule has 1 aromatic heterocycles. The van der Waals surface area contributed by atoms with Gasteiger partial charge in [0.05, 0.1) is 17.1 Å². The minimum Gasteiger partial charge on any atom is -0.378 e. The van der Waals surface area contributed by atoms with Gasteiger partial charge in [-0.3, -0.25) is 9.78 Å². The third kappa shape index (κ3) is 4.74. The van der Waals surface area contributed by atoms with Crippen molar-refractivity contribution in [1.29, 1.82) is 0 Å². The molecule has 3 rings (SSSR count). The maximum absolute atomic E-state index is 12.4. The third-order valence-corrected chi connectivity index (χ3v) is 4.65. The Morgan fingerprint density at radius 1 is 1.00 bits per heavy atom. The van der Waals surface area contributed by atoms with E-state index in [1.165, 1.54) is 11.3 Å². The summed E-state index contributed by atoms with van der Waals surface area (Å²) in [5, 5.41) is 2.99. The zero-order valence-corrected chi connectivity index (χ0v) is 16.9. The van der Waals surface area contributed by atoms with Crippen LogP contribution in [0.15, 0.2) is 54.7 Å². The Hall–Kier alpha value is -3.21. The topological polar surface area (TPSA) is 58.1 Å². The van der Waals surface area contributed by atoms with Gasteiger partial charge >= 0.3 is 0 Å². The second kappa shape index (κ2) is 8.65. The lowest BCUT2D eigenvalue weighted by Crippen LogP contribution is -2.25. The Bertz CT molecular complexity index is 947. The summed E-state index contributed by atoms with van der Waals surface area (Å²) in [4.78, 5) is 23.4. The van der Waals surface area contributed by atoms with Crippen LogP contribution in [0.25, 0.3) is 11.3 Å². The van der Waals surface area contributed by atoms with Crippen LogP contribution in [0.5, 0.6) is 0 Å². The molecule has 0 radical (unpaired) electrons. The highest BCUT2D eigenvalue weighted by molar-refractivity contribution is 5.94. The number of aryl methyl sites for hydroxylation is 2. The van der Waals surface area contributed by atoms with Crippen molar-refractivity contribution < 1.29 is 4.79 Å². The van der Waals surface area contributed by atoms with E-state index in [4.69, 9.17) is 0 Å². The molecule has 0 saturated heterocycles. The van der Waals surface area contributed by atoms with E-state index >= 15 is 0 Å². The van der Waals surface area contributed by atoms with Crippen molar-refractivity contribution >= 4 is 11.6 Å². The lowest BCUT2D eigenvalue weighted by Gasteiger charge is -2.12. The molecule has 144 valence electrons. The number of nitrogens with one attached hydrogen (secondary N) is 1. The highest BCUT2D eigenvalue weighted by atomic mass is 16.1. The fraction of sp³-hybridized carbons (Fsp3) is 0.261. The summed E-state index contributed by atoms with van der Waals surface area (Å²) in [5.74, 6) is -0.0662. The predicted molar refractivity (Wildman–Crippen MR) is 114 cm³/mol. The summed E-state index contributed by atoms with van der Waals surface area (Å²) in [6.45, 7) is 4.46. The summed E-state index contributed by atoms with van der Waals surface area (Å²) < 4.78 is 0. The van der Waals surface area contributed by atoms with E-state index in [9.17, 15) is 4.79 Å². The first-order valence-corrected chi connectivity index (χ1v) is 9.39. The number of carbonyl (C=O) groups excluding carboxylic acids is 1. The highest BCUT2D eigenvalue weighted by Gasteiger charge is 2.09. The Labute approximate surface area is 166 Å². The average molecular weight is 374 g/mol. The largest absolute Gasteiger partial charge is 0.378 e. The van der Waals surface area contributed by atoms with E-state index in [1.54, 1.807) is 6.20 Å². The van der Waals surface area contributed by atoms with Gasteiger partial charge in [0, 0.05) is 43.7 Å². The molecule has 1 N–H and O–H groups in total. The van der Waals surface area contributed by atoms with Crippen molar-refractivity contribution in [2.45, 2.75) is 20.3 Å². The van der Waals surface area contributed by atoms with Gasteiger partial charge in [-0.15, -0.1) is 0 Å². The van der Waals surface area contributed by atoms with Crippen molar-refractivity contribution in [3.63, 3.8) is 0 Å². The Balaban J connectivity index is 1.58. The van der Waals surface area contributed by atoms with E-state index in [-0.39, 0.29) is 5.91 Å². The molecule has 1 amide bonds. The molecular weight excluding hydrogens is 348 g/mol. The van der Waals surface area contributed by atoms with Gasteiger partial charge in [0.15, 0.2) is 0 Å². The van der Waals surface area contributed by atoms with E-state index in [0.29, 0.717) is 12.1 Å². The molecule has 2 aromatic carbocycles. The minimum atomic E-state index is -0.0662. The van der Waals surface area contributed by atoms with Crippen LogP contribution >= 0.6 is 0 Å². The molecule has 3 aromatic rings. The fourth-order valence-corrected chi connectivity index (χ4v) is 2.97. The smallest absolute Gasteiger partial charge is 0.251 e. The molecule has 0 bridgehead atoms. The van der Waals surface area contributed by atoms with Gasteiger partial charge < -0.3 is 10.2 Å². The summed E-state index contributed by atoms with van der Waals surface area (Å²) in [7, 11) is 4.04. The molecule has 0 atom stereocenters. The van der Waals surface area contributed by atoms with E-state index in [2.05, 4.69) is 44.5 Å². The van der Waals surface area contributed by atoms with Crippen LogP contribution in [0.4, 0.5) is 5.69 Å². The van der Waals surface area contributed by atoms with Gasteiger partial charge in [-0.2, -0.15) is 0 Å². The number of benzene rings is 2.